The molecule has 0 radical (unpaired) electrons. The summed E-state index contributed by atoms with van der Waals surface area (Å²) in [6.45, 7) is 4.72. The van der Waals surface area contributed by atoms with Gasteiger partial charge in [-0.3, -0.25) is 9.63 Å². The number of esters is 1. The van der Waals surface area contributed by atoms with Crippen LogP contribution in [0.4, 0.5) is 4.79 Å². The predicted molar refractivity (Wildman–Crippen MR) is 95.3 cm³/mol. The van der Waals surface area contributed by atoms with Crippen LogP contribution in [0, 0.1) is 0 Å². The number of nitrogens with one attached hydrogen (secondary N) is 1. The largest absolute Gasteiger partial charge is 0.481 e. The van der Waals surface area contributed by atoms with Crippen LogP contribution in [0.5, 0.6) is 0 Å². The number of aliphatic carboxylic acids is 1. The average molecular weight is 385 g/mol. The average Bonchev–Trinajstić information content (AvgIpc) is 2.56. The summed E-state index contributed by atoms with van der Waals surface area (Å²) in [6, 6.07) is 6.65. The van der Waals surface area contributed by atoms with Crippen molar-refractivity contribution in [1.82, 2.24) is 5.32 Å². The van der Waals surface area contributed by atoms with Gasteiger partial charge in [0, 0.05) is 17.5 Å². The molecule has 0 aliphatic carbocycles. The van der Waals surface area contributed by atoms with Crippen LogP contribution in [-0.4, -0.2) is 41.5 Å². The lowest BCUT2D eigenvalue weighted by Gasteiger charge is -2.15. The zero-order valence-electron chi connectivity index (χ0n) is 14.7. The van der Waals surface area contributed by atoms with E-state index in [1.165, 1.54) is 6.92 Å². The Kier molecular flexibility index (Phi) is 8.57. The molecule has 1 rings (SSSR count). The molecule has 0 aromatic heterocycles. The van der Waals surface area contributed by atoms with E-state index in [0.717, 1.165) is 0 Å². The van der Waals surface area contributed by atoms with Gasteiger partial charge in [-0.25, -0.2) is 9.59 Å². The maximum absolute atomic E-state index is 11.7. The molecule has 1 aromatic rings. The Hall–Kier alpha value is -2.61. The number of rotatable bonds is 8. The van der Waals surface area contributed by atoms with Crippen LogP contribution in [-0.2, 0) is 19.2 Å². The van der Waals surface area contributed by atoms with E-state index in [1.807, 2.05) is 0 Å². The Morgan fingerprint density at radius 2 is 1.85 bits per heavy atom. The zero-order valence-corrected chi connectivity index (χ0v) is 15.4. The lowest BCUT2D eigenvalue weighted by Crippen LogP contribution is -2.29. The van der Waals surface area contributed by atoms with Gasteiger partial charge in [0.2, 0.25) is 0 Å². The van der Waals surface area contributed by atoms with Crippen molar-refractivity contribution in [2.45, 2.75) is 39.2 Å². The third-order valence-corrected chi connectivity index (χ3v) is 3.41. The molecule has 0 saturated carbocycles. The molecule has 142 valence electrons. The number of carboxylic acids is 1. The first-order valence-electron chi connectivity index (χ1n) is 7.86. The first kappa shape index (κ1) is 21.4. The fraction of sp³-hybridized carbons (Fsp3) is 0.412. The quantitative estimate of drug-likeness (QED) is 0.308. The highest BCUT2D eigenvalue weighted by Gasteiger charge is 2.18. The molecule has 0 aliphatic rings. The summed E-state index contributed by atoms with van der Waals surface area (Å²) in [5.74, 6) is -2.18. The predicted octanol–water partition coefficient (Wildman–Crippen LogP) is 2.95. The normalized spacial score (nSPS) is 12.4. The Morgan fingerprint density at radius 3 is 2.38 bits per heavy atom. The van der Waals surface area contributed by atoms with Gasteiger partial charge in [-0.2, -0.15) is 0 Å². The monoisotopic (exact) mass is 384 g/mol. The molecule has 0 fully saturated rings. The number of hydrogen-bond donors (Lipinski definition) is 2. The Bertz CT molecular complexity index is 672. The van der Waals surface area contributed by atoms with Crippen molar-refractivity contribution in [3.05, 3.63) is 34.9 Å². The summed E-state index contributed by atoms with van der Waals surface area (Å²) in [6.07, 6.45) is -1.42. The van der Waals surface area contributed by atoms with Crippen molar-refractivity contribution >= 4 is 35.3 Å². The summed E-state index contributed by atoms with van der Waals surface area (Å²) in [4.78, 5) is 38.8. The second kappa shape index (κ2) is 10.4. The van der Waals surface area contributed by atoms with Crippen molar-refractivity contribution in [2.24, 2.45) is 5.16 Å². The topological polar surface area (TPSA) is 114 Å². The molecule has 1 amide bonds. The highest BCUT2D eigenvalue weighted by atomic mass is 35.5. The number of carboxylic acid groups (broad SMARTS) is 1. The van der Waals surface area contributed by atoms with Crippen molar-refractivity contribution in [3.8, 4) is 0 Å². The second-order valence-corrected chi connectivity index (χ2v) is 6.17. The summed E-state index contributed by atoms with van der Waals surface area (Å²) in [5.41, 5.74) is 0.589. The van der Waals surface area contributed by atoms with E-state index in [0.29, 0.717) is 10.6 Å². The van der Waals surface area contributed by atoms with Gasteiger partial charge < -0.3 is 15.2 Å². The zero-order chi connectivity index (χ0) is 19.7. The van der Waals surface area contributed by atoms with E-state index in [-0.39, 0.29) is 24.8 Å². The highest BCUT2D eigenvalue weighted by Crippen LogP contribution is 2.21. The molecule has 0 aliphatic heterocycles. The van der Waals surface area contributed by atoms with Crippen LogP contribution >= 0.6 is 11.6 Å². The summed E-state index contributed by atoms with van der Waals surface area (Å²) >= 11 is 5.82. The molecule has 1 unspecified atom stereocenters. The molecule has 9 heteroatoms. The number of hydrogen-bond acceptors (Lipinski definition) is 6. The van der Waals surface area contributed by atoms with E-state index >= 15 is 0 Å². The van der Waals surface area contributed by atoms with E-state index in [2.05, 4.69) is 15.3 Å². The van der Waals surface area contributed by atoms with Gasteiger partial charge in [-0.1, -0.05) is 28.9 Å². The number of halogens is 1. The number of oxime groups is 1. The Balaban J connectivity index is 2.62. The fourth-order valence-corrected chi connectivity index (χ4v) is 2.06. The van der Waals surface area contributed by atoms with Crippen molar-refractivity contribution in [3.63, 3.8) is 0 Å². The summed E-state index contributed by atoms with van der Waals surface area (Å²) in [5, 5.41) is 15.4. The molecule has 0 spiro atoms. The van der Waals surface area contributed by atoms with Gasteiger partial charge in [0.25, 0.3) is 0 Å². The fourth-order valence-electron chi connectivity index (χ4n) is 1.94. The van der Waals surface area contributed by atoms with Crippen LogP contribution < -0.4 is 5.32 Å². The maximum Gasteiger partial charge on any atom is 0.433 e. The lowest BCUT2D eigenvalue weighted by molar-refractivity contribution is -0.139. The molecule has 26 heavy (non-hydrogen) atoms. The summed E-state index contributed by atoms with van der Waals surface area (Å²) < 4.78 is 4.90. The van der Waals surface area contributed by atoms with E-state index in [1.54, 1.807) is 38.1 Å². The molecule has 1 atom stereocenters. The standard InChI is InChI=1S/C17H21ClN2O6/c1-10(2)25-16(23)11(3)20-26-17(24)19-9-13(8-15(21)22)12-4-6-14(18)7-5-12/h4-7,10,13H,8-9H2,1-3H3,(H,19,24)(H,21,22). The van der Waals surface area contributed by atoms with Gasteiger partial charge in [0.15, 0.2) is 5.71 Å². The second-order valence-electron chi connectivity index (χ2n) is 5.74. The molecule has 0 bridgehead atoms. The number of carbonyl (C=O) groups excluding carboxylic acids is 2. The maximum atomic E-state index is 11.7. The third-order valence-electron chi connectivity index (χ3n) is 3.16. The molecule has 0 heterocycles. The minimum Gasteiger partial charge on any atom is -0.481 e. The van der Waals surface area contributed by atoms with Crippen molar-refractivity contribution < 1.29 is 29.1 Å². The van der Waals surface area contributed by atoms with Crippen molar-refractivity contribution in [2.75, 3.05) is 6.54 Å². The molecule has 2 N–H and O–H groups in total. The highest BCUT2D eigenvalue weighted by molar-refractivity contribution is 6.35. The molecule has 1 aromatic carbocycles. The van der Waals surface area contributed by atoms with Gasteiger partial charge >= 0.3 is 18.0 Å². The smallest absolute Gasteiger partial charge is 0.433 e. The van der Waals surface area contributed by atoms with Crippen LogP contribution in [0.15, 0.2) is 29.4 Å². The Morgan fingerprint density at radius 1 is 1.23 bits per heavy atom. The molecule has 8 nitrogen and oxygen atoms in total. The van der Waals surface area contributed by atoms with Crippen LogP contribution in [0.3, 0.4) is 0 Å². The number of benzene rings is 1. The van der Waals surface area contributed by atoms with Gasteiger partial charge in [-0.05, 0) is 38.5 Å². The van der Waals surface area contributed by atoms with Gasteiger partial charge in [0.05, 0.1) is 12.5 Å². The van der Waals surface area contributed by atoms with Gasteiger partial charge in [0.1, 0.15) is 0 Å². The van der Waals surface area contributed by atoms with Crippen LogP contribution in [0.1, 0.15) is 38.7 Å². The number of carbonyl (C=O) groups is 3. The van der Waals surface area contributed by atoms with E-state index < -0.39 is 23.9 Å². The lowest BCUT2D eigenvalue weighted by atomic mass is 9.96. The first-order valence-corrected chi connectivity index (χ1v) is 8.24. The molecule has 0 saturated heterocycles. The minimum atomic E-state index is -1.01. The van der Waals surface area contributed by atoms with E-state index in [9.17, 15) is 14.4 Å². The molecular formula is C17H21ClN2O6. The first-order chi connectivity index (χ1) is 12.2. The minimum absolute atomic E-state index is 0.0117. The Labute approximate surface area is 156 Å². The van der Waals surface area contributed by atoms with Crippen molar-refractivity contribution in [1.29, 1.82) is 0 Å². The number of ether oxygens (including phenoxy) is 1. The van der Waals surface area contributed by atoms with Gasteiger partial charge in [-0.15, -0.1) is 0 Å². The van der Waals surface area contributed by atoms with E-state index in [4.69, 9.17) is 21.4 Å². The SMILES string of the molecule is CC(=NOC(=O)NCC(CC(=O)O)c1ccc(Cl)cc1)C(=O)OC(C)C. The van der Waals surface area contributed by atoms with Crippen LogP contribution in [0.2, 0.25) is 5.02 Å². The molecular weight excluding hydrogens is 364 g/mol. The number of nitrogens with zero attached hydrogens (tertiary/aromatic N) is 1. The number of amides is 1. The third kappa shape index (κ3) is 7.98. The summed E-state index contributed by atoms with van der Waals surface area (Å²) in [7, 11) is 0. The van der Waals surface area contributed by atoms with Crippen LogP contribution in [0.25, 0.3) is 0 Å².